The number of aliphatic hydroxyl groups is 1. The summed E-state index contributed by atoms with van der Waals surface area (Å²) >= 11 is 7.42. The molecule has 7 N–H and O–H groups in total. The number of phosphoric acid groups is 1. The largest absolute Gasteiger partial charge is 0.481 e. The summed E-state index contributed by atoms with van der Waals surface area (Å²) in [6.45, 7) is 2.17. The molecule has 1 aromatic carbocycles. The normalized spacial score (nSPS) is 30.3. The number of imide groups is 1. The number of hydrogen-bond acceptors (Lipinski definition) is 14. The number of amides is 5. The number of ether oxygens (including phenoxy) is 2. The number of aliphatic hydroxyl groups excluding tert-OH is 1. The van der Waals surface area contributed by atoms with E-state index < -0.39 is 110 Å². The Bertz CT molecular complexity index is 2700. The van der Waals surface area contributed by atoms with E-state index in [4.69, 9.17) is 14.0 Å². The zero-order valence-electron chi connectivity index (χ0n) is 38.3. The van der Waals surface area contributed by atoms with Gasteiger partial charge >= 0.3 is 13.8 Å². The molecular formula is C47H51Br2N4O16PS. The highest BCUT2D eigenvalue weighted by Gasteiger charge is 2.76. The van der Waals surface area contributed by atoms with Crippen LogP contribution in [0.2, 0.25) is 0 Å². The van der Waals surface area contributed by atoms with Crippen molar-refractivity contribution in [2.45, 2.75) is 95.4 Å². The second-order valence-electron chi connectivity index (χ2n) is 19.1. The fourth-order valence-electron chi connectivity index (χ4n) is 11.7. The molecule has 2 aliphatic heterocycles. The van der Waals surface area contributed by atoms with Gasteiger partial charge < -0.3 is 45.4 Å². The SMILES string of the molecule is C[C@]12C=CC(=O)C=C1CC[C@@H]1[C@@H]2[C@@H](O)C[C@@]2(C)[C@H]1C[C@H]1O[C@@H](c3csc(Cc4ccc(NC(=O)[C@H](CCC(=O)O)NC(=O)CNC(=O)CCN5C(=O)C(Br)=C(Br)C5=O)cc4)c3)O[C@]12C(=O)COP(=O)(O)O. The van der Waals surface area contributed by atoms with Gasteiger partial charge in [-0.3, -0.25) is 47.8 Å². The molecule has 0 radical (unpaired) electrons. The highest BCUT2D eigenvalue weighted by molar-refractivity contribution is 9.14. The van der Waals surface area contributed by atoms with E-state index in [1.54, 1.807) is 36.4 Å². The second-order valence-corrected chi connectivity index (χ2v) is 22.9. The number of halogens is 2. The second kappa shape index (κ2) is 20.4. The molecule has 6 aliphatic rings. The van der Waals surface area contributed by atoms with Crippen molar-refractivity contribution >= 4 is 104 Å². The van der Waals surface area contributed by atoms with E-state index in [0.29, 0.717) is 36.9 Å². The predicted molar refractivity (Wildman–Crippen MR) is 258 cm³/mol. The number of carbonyl (C=O) groups excluding carboxylic acids is 7. The Morgan fingerprint density at radius 2 is 1.73 bits per heavy atom. The van der Waals surface area contributed by atoms with Gasteiger partial charge in [0.25, 0.3) is 11.8 Å². The van der Waals surface area contributed by atoms with Crippen molar-refractivity contribution < 1.29 is 76.9 Å². The van der Waals surface area contributed by atoms with Gasteiger partial charge in [0, 0.05) is 58.7 Å². The number of nitrogens with one attached hydrogen (secondary N) is 3. The third-order valence-electron chi connectivity index (χ3n) is 14.9. The summed E-state index contributed by atoms with van der Waals surface area (Å²) in [6, 6.07) is 7.38. The summed E-state index contributed by atoms with van der Waals surface area (Å²) in [6.07, 6.45) is 3.53. The van der Waals surface area contributed by atoms with Crippen LogP contribution in [0, 0.1) is 28.6 Å². The van der Waals surface area contributed by atoms with E-state index in [9.17, 15) is 62.9 Å². The predicted octanol–water partition coefficient (Wildman–Crippen LogP) is 4.22. The number of aliphatic carboxylic acids is 1. The summed E-state index contributed by atoms with van der Waals surface area (Å²) < 4.78 is 30.1. The molecule has 0 spiro atoms. The lowest BCUT2D eigenvalue weighted by Crippen LogP contribution is -2.63. The van der Waals surface area contributed by atoms with Gasteiger partial charge in [-0.15, -0.1) is 11.3 Å². The molecule has 24 heteroatoms. The van der Waals surface area contributed by atoms with E-state index >= 15 is 0 Å². The lowest BCUT2D eigenvalue weighted by Gasteiger charge is -2.59. The minimum absolute atomic E-state index is 0.0240. The summed E-state index contributed by atoms with van der Waals surface area (Å²) in [7, 11) is -5.06. The van der Waals surface area contributed by atoms with Crippen LogP contribution in [0.1, 0.15) is 81.1 Å². The van der Waals surface area contributed by atoms with Crippen LogP contribution in [-0.2, 0) is 63.3 Å². The molecule has 380 valence electrons. The van der Waals surface area contributed by atoms with Crippen molar-refractivity contribution in [2.75, 3.05) is 25.0 Å². The topological polar surface area (TPSA) is 302 Å². The Labute approximate surface area is 427 Å². The standard InChI is InChI=1S/C47H51Br2N4O16PS/c1-45-13-11-27(54)17-25(45)5-8-29-30-18-34-47(33(56)21-67-70(64,65)66,46(30,2)19-32(55)38(29)45)69-44(68-34)24-16-28(71-22-24)15-23-3-6-26(7-4-23)51-41(61)31(9-10-37(59)60)52-36(58)20-50-35(57)12-14-53-42(62)39(48)40(49)43(53)63/h3-4,6-7,11,13,16-17,22,29-32,34,38,44,55H,5,8-10,12,14-15,18-21H2,1-2H3,(H,50,57)(H,51,61)(H,52,58)(H,59,60)(H2,64,65,66)/t29-,30-,31-,32-,34+,38+,44+,45-,46-,47+/m0/s1. The lowest BCUT2D eigenvalue weighted by molar-refractivity contribution is -0.200. The zero-order chi connectivity index (χ0) is 51.4. The monoisotopic (exact) mass is 1150 g/mol. The van der Waals surface area contributed by atoms with Crippen molar-refractivity contribution in [3.05, 3.63) is 84.5 Å². The van der Waals surface area contributed by atoms with E-state index in [2.05, 4.69) is 47.8 Å². The summed E-state index contributed by atoms with van der Waals surface area (Å²) in [4.78, 5) is 122. The summed E-state index contributed by atoms with van der Waals surface area (Å²) in [5.74, 6) is -5.90. The fraction of sp³-hybridized carbons (Fsp3) is 0.489. The molecule has 4 fully saturated rings. The van der Waals surface area contributed by atoms with Gasteiger partial charge in [0.05, 0.1) is 18.8 Å². The van der Waals surface area contributed by atoms with Gasteiger partial charge in [0.1, 0.15) is 21.6 Å². The average Bonchev–Trinajstić information content (AvgIpc) is 4.04. The number of carboxylic acid groups (broad SMARTS) is 1. The number of anilines is 1. The highest BCUT2D eigenvalue weighted by atomic mass is 79.9. The molecule has 8 rings (SSSR count). The van der Waals surface area contributed by atoms with Gasteiger partial charge in [-0.1, -0.05) is 37.6 Å². The maximum absolute atomic E-state index is 14.4. The molecule has 3 heterocycles. The smallest absolute Gasteiger partial charge is 0.470 e. The molecule has 71 heavy (non-hydrogen) atoms. The molecular weight excluding hydrogens is 1100 g/mol. The molecule has 5 amide bonds. The lowest BCUT2D eigenvalue weighted by atomic mass is 9.46. The number of nitrogens with zero attached hydrogens (tertiary/aromatic N) is 1. The number of rotatable bonds is 18. The van der Waals surface area contributed by atoms with Gasteiger partial charge in [-0.2, -0.15) is 0 Å². The number of phosphoric ester groups is 1. The molecule has 0 bridgehead atoms. The van der Waals surface area contributed by atoms with Gasteiger partial charge in [0.2, 0.25) is 17.7 Å². The van der Waals surface area contributed by atoms with Gasteiger partial charge in [-0.25, -0.2) is 4.57 Å². The average molecular weight is 1150 g/mol. The van der Waals surface area contributed by atoms with Crippen LogP contribution in [0.25, 0.3) is 0 Å². The van der Waals surface area contributed by atoms with Crippen LogP contribution in [0.3, 0.4) is 0 Å². The maximum atomic E-state index is 14.4. The highest BCUT2D eigenvalue weighted by Crippen LogP contribution is 2.70. The van der Waals surface area contributed by atoms with Crippen LogP contribution < -0.4 is 16.0 Å². The van der Waals surface area contributed by atoms with Gasteiger partial charge in [-0.05, 0) is 117 Å². The minimum atomic E-state index is -5.06. The summed E-state index contributed by atoms with van der Waals surface area (Å²) in [5, 5.41) is 30.7. The van der Waals surface area contributed by atoms with Crippen molar-refractivity contribution in [1.82, 2.24) is 15.5 Å². The molecule has 1 aromatic heterocycles. The molecule has 1 saturated heterocycles. The number of allylic oxidation sites excluding steroid dienone is 4. The van der Waals surface area contributed by atoms with E-state index in [0.717, 1.165) is 20.9 Å². The zero-order valence-corrected chi connectivity index (χ0v) is 43.1. The Balaban J connectivity index is 0.895. The third-order valence-corrected chi connectivity index (χ3v) is 18.4. The minimum Gasteiger partial charge on any atom is -0.481 e. The molecule has 2 aromatic rings. The Kier molecular flexibility index (Phi) is 15.2. The van der Waals surface area contributed by atoms with Gasteiger partial charge in [0.15, 0.2) is 23.5 Å². The van der Waals surface area contributed by atoms with Crippen molar-refractivity contribution in [2.24, 2.45) is 28.6 Å². The third kappa shape index (κ3) is 10.4. The maximum Gasteiger partial charge on any atom is 0.470 e. The number of fused-ring (bicyclic) bond motifs is 7. The van der Waals surface area contributed by atoms with Crippen LogP contribution >= 0.6 is 51.0 Å². The number of Topliss-reactive ketones (excluding diaryl/α,β-unsaturated/α-hetero) is 1. The number of thiophene rings is 1. The van der Waals surface area contributed by atoms with E-state index in [1.807, 2.05) is 31.4 Å². The number of ketones is 2. The Hall–Kier alpha value is -4.55. The Morgan fingerprint density at radius 1 is 1.03 bits per heavy atom. The first-order valence-corrected chi connectivity index (χ1v) is 26.8. The first kappa shape index (κ1) is 52.8. The van der Waals surface area contributed by atoms with Crippen LogP contribution in [0.5, 0.6) is 0 Å². The molecule has 4 aliphatic carbocycles. The quantitative estimate of drug-likeness (QED) is 0.0812. The first-order chi connectivity index (χ1) is 33.4. The first-order valence-electron chi connectivity index (χ1n) is 22.8. The van der Waals surface area contributed by atoms with E-state index in [1.165, 1.54) is 11.3 Å². The molecule has 3 saturated carbocycles. The van der Waals surface area contributed by atoms with E-state index in [-0.39, 0.29) is 58.3 Å². The summed E-state index contributed by atoms with van der Waals surface area (Å²) in [5.41, 5.74) is -0.560. The number of benzene rings is 1. The fourth-order valence-corrected chi connectivity index (χ4v) is 13.7. The molecule has 0 unspecified atom stereocenters. The van der Waals surface area contributed by atoms with Crippen LogP contribution in [-0.4, -0.2) is 116 Å². The van der Waals surface area contributed by atoms with Crippen molar-refractivity contribution in [3.63, 3.8) is 0 Å². The van der Waals surface area contributed by atoms with Crippen LogP contribution in [0.4, 0.5) is 5.69 Å². The van der Waals surface area contributed by atoms with Crippen LogP contribution in [0.15, 0.2) is 68.5 Å². The number of carboxylic acids is 1. The van der Waals surface area contributed by atoms with Crippen molar-refractivity contribution in [1.29, 1.82) is 0 Å². The number of carbonyl (C=O) groups is 8. The number of hydrogen-bond donors (Lipinski definition) is 7. The Morgan fingerprint density at radius 3 is 2.41 bits per heavy atom. The molecule has 10 atom stereocenters. The molecule has 20 nitrogen and oxygen atoms in total. The van der Waals surface area contributed by atoms with Crippen molar-refractivity contribution in [3.8, 4) is 0 Å².